The van der Waals surface area contributed by atoms with Gasteiger partial charge in [0.15, 0.2) is 0 Å². The molecule has 2 saturated heterocycles. The van der Waals surface area contributed by atoms with Gasteiger partial charge in [0.05, 0.1) is 0 Å². The summed E-state index contributed by atoms with van der Waals surface area (Å²) in [7, 11) is 0. The fourth-order valence-corrected chi connectivity index (χ4v) is 3.21. The van der Waals surface area contributed by atoms with E-state index in [1.807, 2.05) is 12.1 Å². The lowest BCUT2D eigenvalue weighted by Crippen LogP contribution is -2.35. The molecule has 0 radical (unpaired) electrons. The smallest absolute Gasteiger partial charge is 0.123 e. The second-order valence-corrected chi connectivity index (χ2v) is 5.55. The molecule has 1 aromatic rings. The van der Waals surface area contributed by atoms with Gasteiger partial charge in [-0.3, -0.25) is 9.80 Å². The van der Waals surface area contributed by atoms with Gasteiger partial charge in [-0.1, -0.05) is 12.1 Å². The van der Waals surface area contributed by atoms with Crippen molar-refractivity contribution >= 4 is 0 Å². The molecule has 2 aliphatic heterocycles. The van der Waals surface area contributed by atoms with E-state index in [0.717, 1.165) is 12.6 Å². The Bertz CT molecular complexity index is 384. The predicted molar refractivity (Wildman–Crippen MR) is 70.9 cm³/mol. The van der Waals surface area contributed by atoms with Crippen LogP contribution in [0.25, 0.3) is 0 Å². The Balaban J connectivity index is 1.54. The number of likely N-dealkylation sites (tertiary alicyclic amines) is 2. The summed E-state index contributed by atoms with van der Waals surface area (Å²) in [6, 6.07) is 7.68. The summed E-state index contributed by atoms with van der Waals surface area (Å²) < 4.78 is 12.8. The van der Waals surface area contributed by atoms with Crippen LogP contribution < -0.4 is 0 Å². The number of benzene rings is 1. The lowest BCUT2D eigenvalue weighted by molar-refractivity contribution is 0.230. The summed E-state index contributed by atoms with van der Waals surface area (Å²) in [5, 5.41) is 0. The molecule has 0 aliphatic carbocycles. The first-order valence-corrected chi connectivity index (χ1v) is 7.02. The molecule has 3 rings (SSSR count). The first-order valence-electron chi connectivity index (χ1n) is 7.02. The lowest BCUT2D eigenvalue weighted by Gasteiger charge is -2.23. The highest BCUT2D eigenvalue weighted by atomic mass is 19.1. The van der Waals surface area contributed by atoms with Gasteiger partial charge in [-0.05, 0) is 50.0 Å². The van der Waals surface area contributed by atoms with E-state index in [-0.39, 0.29) is 5.82 Å². The number of halogens is 1. The van der Waals surface area contributed by atoms with Crippen LogP contribution in [-0.4, -0.2) is 42.0 Å². The Labute approximate surface area is 108 Å². The largest absolute Gasteiger partial charge is 0.299 e. The predicted octanol–water partition coefficient (Wildman–Crippen LogP) is 2.50. The fraction of sp³-hybridized carbons (Fsp3) is 0.600. The average molecular weight is 248 g/mol. The highest BCUT2D eigenvalue weighted by molar-refractivity contribution is 5.16. The van der Waals surface area contributed by atoms with Gasteiger partial charge in [0, 0.05) is 25.7 Å². The van der Waals surface area contributed by atoms with Crippen LogP contribution in [-0.2, 0) is 6.54 Å². The molecular weight excluding hydrogens is 227 g/mol. The first kappa shape index (κ1) is 12.1. The number of hydrogen-bond donors (Lipinski definition) is 0. The SMILES string of the molecule is Fc1ccc(CN2CCC(N3CCCC3)C2)cc1. The molecule has 1 unspecified atom stereocenters. The van der Waals surface area contributed by atoms with Gasteiger partial charge in [-0.25, -0.2) is 4.39 Å². The molecule has 1 aromatic carbocycles. The highest BCUT2D eigenvalue weighted by Gasteiger charge is 2.28. The first-order chi connectivity index (χ1) is 8.81. The molecule has 0 aromatic heterocycles. The summed E-state index contributed by atoms with van der Waals surface area (Å²) >= 11 is 0. The minimum Gasteiger partial charge on any atom is -0.299 e. The van der Waals surface area contributed by atoms with Crippen LogP contribution in [0.4, 0.5) is 4.39 Å². The quantitative estimate of drug-likeness (QED) is 0.811. The molecule has 3 heteroatoms. The second kappa shape index (κ2) is 5.37. The van der Waals surface area contributed by atoms with Crippen LogP contribution in [0, 0.1) is 5.82 Å². The van der Waals surface area contributed by atoms with Crippen molar-refractivity contribution in [2.24, 2.45) is 0 Å². The molecule has 2 aliphatic rings. The fourth-order valence-electron chi connectivity index (χ4n) is 3.21. The van der Waals surface area contributed by atoms with Gasteiger partial charge in [-0.15, -0.1) is 0 Å². The molecule has 0 bridgehead atoms. The zero-order valence-corrected chi connectivity index (χ0v) is 10.8. The molecule has 18 heavy (non-hydrogen) atoms. The summed E-state index contributed by atoms with van der Waals surface area (Å²) in [4.78, 5) is 5.14. The Morgan fingerprint density at radius 3 is 2.50 bits per heavy atom. The number of nitrogens with zero attached hydrogens (tertiary/aromatic N) is 2. The normalized spacial score (nSPS) is 25.9. The Hall–Kier alpha value is -0.930. The standard InChI is InChI=1S/C15H21FN2/c16-14-5-3-13(4-6-14)11-17-10-7-15(12-17)18-8-1-2-9-18/h3-6,15H,1-2,7-12H2. The van der Waals surface area contributed by atoms with Crippen molar-refractivity contribution in [1.82, 2.24) is 9.80 Å². The molecule has 2 heterocycles. The van der Waals surface area contributed by atoms with Crippen LogP contribution >= 0.6 is 0 Å². The van der Waals surface area contributed by atoms with E-state index in [0.29, 0.717) is 0 Å². The monoisotopic (exact) mass is 248 g/mol. The van der Waals surface area contributed by atoms with Crippen LogP contribution in [0.3, 0.4) is 0 Å². The molecule has 0 amide bonds. The van der Waals surface area contributed by atoms with Crippen molar-refractivity contribution in [3.8, 4) is 0 Å². The molecule has 2 nitrogen and oxygen atoms in total. The Morgan fingerprint density at radius 1 is 1.06 bits per heavy atom. The Morgan fingerprint density at radius 2 is 1.78 bits per heavy atom. The number of rotatable bonds is 3. The molecule has 0 saturated carbocycles. The maximum atomic E-state index is 12.8. The lowest BCUT2D eigenvalue weighted by atomic mass is 10.2. The van der Waals surface area contributed by atoms with Crippen LogP contribution in [0.5, 0.6) is 0 Å². The third-order valence-electron chi connectivity index (χ3n) is 4.22. The minimum atomic E-state index is -0.143. The van der Waals surface area contributed by atoms with Gasteiger partial charge >= 0.3 is 0 Å². The Kier molecular flexibility index (Phi) is 3.62. The summed E-state index contributed by atoms with van der Waals surface area (Å²) in [6.45, 7) is 5.89. The van der Waals surface area contributed by atoms with Gasteiger partial charge in [-0.2, -0.15) is 0 Å². The zero-order chi connectivity index (χ0) is 12.4. The summed E-state index contributed by atoms with van der Waals surface area (Å²) in [6.07, 6.45) is 4.03. The van der Waals surface area contributed by atoms with Crippen molar-refractivity contribution in [3.63, 3.8) is 0 Å². The van der Waals surface area contributed by atoms with E-state index in [4.69, 9.17) is 0 Å². The van der Waals surface area contributed by atoms with Crippen molar-refractivity contribution in [2.45, 2.75) is 31.8 Å². The van der Waals surface area contributed by atoms with E-state index in [9.17, 15) is 4.39 Å². The van der Waals surface area contributed by atoms with Gasteiger partial charge in [0.1, 0.15) is 5.82 Å². The molecular formula is C15H21FN2. The van der Waals surface area contributed by atoms with Crippen LogP contribution in [0.15, 0.2) is 24.3 Å². The van der Waals surface area contributed by atoms with Crippen molar-refractivity contribution < 1.29 is 4.39 Å². The van der Waals surface area contributed by atoms with Gasteiger partial charge < -0.3 is 0 Å². The third-order valence-corrected chi connectivity index (χ3v) is 4.22. The second-order valence-electron chi connectivity index (χ2n) is 5.55. The van der Waals surface area contributed by atoms with E-state index in [2.05, 4.69) is 9.80 Å². The zero-order valence-electron chi connectivity index (χ0n) is 10.8. The van der Waals surface area contributed by atoms with Crippen molar-refractivity contribution in [3.05, 3.63) is 35.6 Å². The topological polar surface area (TPSA) is 6.48 Å². The molecule has 0 spiro atoms. The van der Waals surface area contributed by atoms with Gasteiger partial charge in [0.25, 0.3) is 0 Å². The van der Waals surface area contributed by atoms with E-state index in [1.54, 1.807) is 12.1 Å². The van der Waals surface area contributed by atoms with Gasteiger partial charge in [0.2, 0.25) is 0 Å². The van der Waals surface area contributed by atoms with Crippen LogP contribution in [0.2, 0.25) is 0 Å². The maximum absolute atomic E-state index is 12.8. The van der Waals surface area contributed by atoms with E-state index >= 15 is 0 Å². The van der Waals surface area contributed by atoms with Crippen molar-refractivity contribution in [2.75, 3.05) is 26.2 Å². The number of hydrogen-bond acceptors (Lipinski definition) is 2. The molecule has 2 fully saturated rings. The summed E-state index contributed by atoms with van der Waals surface area (Å²) in [5.74, 6) is -0.143. The van der Waals surface area contributed by atoms with Crippen molar-refractivity contribution in [1.29, 1.82) is 0 Å². The average Bonchev–Trinajstić information content (AvgIpc) is 3.02. The minimum absolute atomic E-state index is 0.143. The van der Waals surface area contributed by atoms with E-state index < -0.39 is 0 Å². The summed E-state index contributed by atoms with van der Waals surface area (Å²) in [5.41, 5.74) is 1.22. The maximum Gasteiger partial charge on any atom is 0.123 e. The third kappa shape index (κ3) is 2.73. The van der Waals surface area contributed by atoms with E-state index in [1.165, 1.54) is 51.0 Å². The van der Waals surface area contributed by atoms with Crippen LogP contribution in [0.1, 0.15) is 24.8 Å². The highest BCUT2D eigenvalue weighted by Crippen LogP contribution is 2.21. The molecule has 0 N–H and O–H groups in total. The molecule has 98 valence electrons. The molecule has 1 atom stereocenters.